The van der Waals surface area contributed by atoms with Crippen LogP contribution in [0.1, 0.15) is 25.0 Å². The van der Waals surface area contributed by atoms with Crippen LogP contribution in [0.15, 0.2) is 60.4 Å². The van der Waals surface area contributed by atoms with Crippen LogP contribution in [0.5, 0.6) is 0 Å². The molecular formula is C22H22IrNO2-. The molecule has 0 spiro atoms. The molecule has 0 aliphatic heterocycles. The second-order valence-corrected chi connectivity index (χ2v) is 6.02. The number of aliphatic hydroxyl groups excluding tert-OH is 1. The second kappa shape index (κ2) is 10.0. The molecule has 2 aromatic carbocycles. The van der Waals surface area contributed by atoms with Gasteiger partial charge in [-0.3, -0.25) is 9.78 Å². The molecule has 0 atom stereocenters. The summed E-state index contributed by atoms with van der Waals surface area (Å²) in [7, 11) is 0. The van der Waals surface area contributed by atoms with Crippen LogP contribution >= 0.6 is 0 Å². The van der Waals surface area contributed by atoms with E-state index in [1.54, 1.807) is 0 Å². The summed E-state index contributed by atoms with van der Waals surface area (Å²) in [6.45, 7) is 7.02. The Balaban J connectivity index is 0.000000366. The molecule has 0 saturated carbocycles. The third kappa shape index (κ3) is 6.21. The Morgan fingerprint density at radius 3 is 2.35 bits per heavy atom. The van der Waals surface area contributed by atoms with Crippen LogP contribution in [0, 0.1) is 19.9 Å². The smallest absolute Gasteiger partial charge is 0.155 e. The zero-order valence-electron chi connectivity index (χ0n) is 15.3. The molecule has 137 valence electrons. The molecule has 26 heavy (non-hydrogen) atoms. The number of carbonyl (C=O) groups is 1. The zero-order chi connectivity index (χ0) is 18.4. The average molecular weight is 525 g/mol. The summed E-state index contributed by atoms with van der Waals surface area (Å²) in [4.78, 5) is 14.8. The molecule has 0 bridgehead atoms. The van der Waals surface area contributed by atoms with Crippen LogP contribution < -0.4 is 0 Å². The van der Waals surface area contributed by atoms with Gasteiger partial charge in [-0.1, -0.05) is 36.8 Å². The zero-order valence-corrected chi connectivity index (χ0v) is 17.7. The molecule has 3 nitrogen and oxygen atoms in total. The van der Waals surface area contributed by atoms with Crippen molar-refractivity contribution in [3.63, 3.8) is 0 Å². The number of para-hydroxylation sites is 1. The van der Waals surface area contributed by atoms with Crippen LogP contribution in [0.3, 0.4) is 0 Å². The van der Waals surface area contributed by atoms with E-state index in [-0.39, 0.29) is 31.6 Å². The van der Waals surface area contributed by atoms with Crippen molar-refractivity contribution in [1.29, 1.82) is 0 Å². The van der Waals surface area contributed by atoms with E-state index in [0.717, 1.165) is 16.8 Å². The molecule has 1 radical (unpaired) electrons. The van der Waals surface area contributed by atoms with E-state index in [0.29, 0.717) is 0 Å². The van der Waals surface area contributed by atoms with Gasteiger partial charge in [-0.15, -0.1) is 35.4 Å². The number of aromatic nitrogens is 1. The number of carbonyl (C=O) groups excluding carboxylic acids is 1. The summed E-state index contributed by atoms with van der Waals surface area (Å²) >= 11 is 0. The fourth-order valence-corrected chi connectivity index (χ4v) is 2.44. The van der Waals surface area contributed by atoms with Gasteiger partial charge in [-0.05, 0) is 37.9 Å². The van der Waals surface area contributed by atoms with Crippen molar-refractivity contribution in [1.82, 2.24) is 4.98 Å². The largest absolute Gasteiger partial charge is 0.512 e. The van der Waals surface area contributed by atoms with Crippen molar-refractivity contribution in [3.8, 4) is 11.3 Å². The number of allylic oxidation sites excluding steroid dienone is 2. The summed E-state index contributed by atoms with van der Waals surface area (Å²) in [5.41, 5.74) is 5.52. The van der Waals surface area contributed by atoms with Gasteiger partial charge >= 0.3 is 0 Å². The Bertz CT molecular complexity index is 911. The normalized spacial score (nSPS) is 10.5. The summed E-state index contributed by atoms with van der Waals surface area (Å²) in [5, 5.41) is 9.55. The van der Waals surface area contributed by atoms with Crippen molar-refractivity contribution in [2.45, 2.75) is 27.7 Å². The Labute approximate surface area is 168 Å². The van der Waals surface area contributed by atoms with Crippen molar-refractivity contribution in [2.75, 3.05) is 0 Å². The van der Waals surface area contributed by atoms with Gasteiger partial charge in [0.15, 0.2) is 5.78 Å². The summed E-state index contributed by atoms with van der Waals surface area (Å²) < 4.78 is 0. The maximum atomic E-state index is 10.0. The molecule has 0 amide bonds. The molecule has 1 heterocycles. The van der Waals surface area contributed by atoms with Gasteiger partial charge in [0.25, 0.3) is 0 Å². The number of pyridine rings is 1. The predicted molar refractivity (Wildman–Crippen MR) is 103 cm³/mol. The summed E-state index contributed by atoms with van der Waals surface area (Å²) in [5.74, 6) is -0.0625. The first-order valence-electron chi connectivity index (χ1n) is 8.10. The topological polar surface area (TPSA) is 50.2 Å². The third-order valence-electron chi connectivity index (χ3n) is 3.55. The molecule has 0 fully saturated rings. The Morgan fingerprint density at radius 2 is 1.81 bits per heavy atom. The minimum atomic E-state index is -0.125. The van der Waals surface area contributed by atoms with Crippen molar-refractivity contribution < 1.29 is 30.0 Å². The monoisotopic (exact) mass is 525 g/mol. The van der Waals surface area contributed by atoms with Crippen LogP contribution in [-0.2, 0) is 24.9 Å². The molecule has 3 rings (SSSR count). The maximum Gasteiger partial charge on any atom is 0.155 e. The standard InChI is InChI=1S/C17H14N.C5H8O2.Ir/c1-12-7-9-14(10-8-12)17-13(2)11-15-5-3-4-6-16(15)18-17;1-4(6)3-5(2)7;/h3-9,11H,1-2H3;3,6H,1-2H3;/q-1;;/b;4-3-;. The van der Waals surface area contributed by atoms with Crippen LogP contribution in [0.2, 0.25) is 0 Å². The SMILES string of the molecule is CC(=O)/C=C(/C)O.Cc1c[c-]c(-c2nc3ccccc3cc2C)cc1.[Ir]. The van der Waals surface area contributed by atoms with Crippen molar-refractivity contribution in [2.24, 2.45) is 0 Å². The molecule has 4 heteroatoms. The van der Waals surface area contributed by atoms with E-state index in [9.17, 15) is 4.79 Å². The summed E-state index contributed by atoms with van der Waals surface area (Å²) in [6, 6.07) is 19.9. The van der Waals surface area contributed by atoms with Gasteiger partial charge in [0.05, 0.1) is 11.3 Å². The van der Waals surface area contributed by atoms with Crippen LogP contribution in [0.4, 0.5) is 0 Å². The van der Waals surface area contributed by atoms with Crippen LogP contribution in [0.25, 0.3) is 22.2 Å². The maximum absolute atomic E-state index is 10.0. The van der Waals surface area contributed by atoms with Gasteiger partial charge in [-0.2, -0.15) is 0 Å². The first-order valence-corrected chi connectivity index (χ1v) is 8.10. The van der Waals surface area contributed by atoms with Crippen LogP contribution in [-0.4, -0.2) is 15.9 Å². The predicted octanol–water partition coefficient (Wildman–Crippen LogP) is 5.35. The number of benzene rings is 2. The van der Waals surface area contributed by atoms with Crippen molar-refractivity contribution >= 4 is 16.7 Å². The summed E-state index contributed by atoms with van der Waals surface area (Å²) in [6.07, 6.45) is 1.17. The Kier molecular flexibility index (Phi) is 8.37. The first kappa shape index (κ1) is 21.8. The third-order valence-corrected chi connectivity index (χ3v) is 3.55. The number of hydrogen-bond donors (Lipinski definition) is 1. The quantitative estimate of drug-likeness (QED) is 0.279. The number of nitrogens with zero attached hydrogens (tertiary/aromatic N) is 1. The van der Waals surface area contributed by atoms with E-state index >= 15 is 0 Å². The second-order valence-electron chi connectivity index (χ2n) is 6.02. The molecule has 1 aromatic heterocycles. The fourth-order valence-electron chi connectivity index (χ4n) is 2.44. The number of aliphatic hydroxyl groups is 1. The number of rotatable bonds is 2. The number of hydrogen-bond acceptors (Lipinski definition) is 3. The average Bonchev–Trinajstić information content (AvgIpc) is 2.54. The number of aryl methyl sites for hydroxylation is 2. The van der Waals surface area contributed by atoms with Gasteiger partial charge in [0.2, 0.25) is 0 Å². The van der Waals surface area contributed by atoms with E-state index in [1.165, 1.54) is 36.4 Å². The van der Waals surface area contributed by atoms with Gasteiger partial charge in [0, 0.05) is 26.2 Å². The van der Waals surface area contributed by atoms with E-state index in [1.807, 2.05) is 24.3 Å². The van der Waals surface area contributed by atoms with Crippen molar-refractivity contribution in [3.05, 3.63) is 77.6 Å². The Hall–Kier alpha value is -2.29. The molecule has 0 unspecified atom stereocenters. The molecule has 0 saturated heterocycles. The minimum Gasteiger partial charge on any atom is -0.512 e. The Morgan fingerprint density at radius 1 is 1.12 bits per heavy atom. The molecule has 0 aliphatic rings. The molecule has 0 aliphatic carbocycles. The van der Waals surface area contributed by atoms with E-state index < -0.39 is 0 Å². The fraction of sp³-hybridized carbons (Fsp3) is 0.182. The molecule has 1 N–H and O–H groups in total. The first-order chi connectivity index (χ1) is 11.9. The van der Waals surface area contributed by atoms with E-state index in [4.69, 9.17) is 10.1 Å². The molecular weight excluding hydrogens is 502 g/mol. The van der Waals surface area contributed by atoms with Gasteiger partial charge in [-0.25, -0.2) is 0 Å². The minimum absolute atomic E-state index is 0. The van der Waals surface area contributed by atoms with E-state index in [2.05, 4.69) is 44.2 Å². The van der Waals surface area contributed by atoms with Gasteiger partial charge in [0.1, 0.15) is 0 Å². The molecule has 3 aromatic rings. The van der Waals surface area contributed by atoms with Gasteiger partial charge < -0.3 is 5.11 Å². The number of ketones is 1. The number of fused-ring (bicyclic) bond motifs is 1.